The molecule has 1 aromatic carbocycles. The van der Waals surface area contributed by atoms with Gasteiger partial charge in [-0.05, 0) is 31.4 Å². The number of hydrogen-bond donors (Lipinski definition) is 0. The van der Waals surface area contributed by atoms with Gasteiger partial charge in [0.15, 0.2) is 0 Å². The van der Waals surface area contributed by atoms with E-state index in [0.717, 1.165) is 24.1 Å². The Bertz CT molecular complexity index is 838. The Morgan fingerprint density at radius 1 is 1.17 bits per heavy atom. The highest BCUT2D eigenvalue weighted by Crippen LogP contribution is 2.51. The van der Waals surface area contributed by atoms with E-state index in [1.807, 2.05) is 0 Å². The summed E-state index contributed by atoms with van der Waals surface area (Å²) >= 11 is 2.88. The third-order valence-electron chi connectivity index (χ3n) is 5.71. The Morgan fingerprint density at radius 2 is 1.79 bits per heavy atom. The molecule has 1 saturated carbocycles. The van der Waals surface area contributed by atoms with E-state index in [9.17, 15) is 22.8 Å². The predicted molar refractivity (Wildman–Crippen MR) is 96.0 cm³/mol. The molecule has 1 amide bonds. The number of esters is 1. The molecule has 1 heterocycles. The van der Waals surface area contributed by atoms with E-state index in [1.54, 1.807) is 6.92 Å². The van der Waals surface area contributed by atoms with E-state index in [1.165, 1.54) is 0 Å². The van der Waals surface area contributed by atoms with Crippen LogP contribution in [0.15, 0.2) is 22.7 Å². The largest absolute Gasteiger partial charge is 0.467 e. The molecule has 1 aliphatic heterocycles. The van der Waals surface area contributed by atoms with Gasteiger partial charge in [0.05, 0.1) is 12.7 Å². The van der Waals surface area contributed by atoms with Gasteiger partial charge in [0.1, 0.15) is 6.04 Å². The molecule has 3 rings (SSSR count). The number of alkyl halides is 5. The second-order valence-corrected chi connectivity index (χ2v) is 8.72. The van der Waals surface area contributed by atoms with Crippen molar-refractivity contribution >= 4 is 27.8 Å². The minimum Gasteiger partial charge on any atom is -0.467 e. The van der Waals surface area contributed by atoms with Crippen molar-refractivity contribution in [1.82, 2.24) is 4.90 Å². The van der Waals surface area contributed by atoms with Crippen molar-refractivity contribution in [1.29, 1.82) is 0 Å². The van der Waals surface area contributed by atoms with Crippen molar-refractivity contribution in [2.24, 2.45) is 11.3 Å². The molecular weight excluding hydrogens is 465 g/mol. The third kappa shape index (κ3) is 4.00. The molecule has 0 aromatic heterocycles. The minimum absolute atomic E-state index is 0.0155. The van der Waals surface area contributed by atoms with Crippen molar-refractivity contribution in [3.8, 4) is 0 Å². The van der Waals surface area contributed by atoms with Gasteiger partial charge in [0.25, 0.3) is 5.92 Å². The average Bonchev–Trinajstić information content (AvgIpc) is 3.23. The molecule has 0 unspecified atom stereocenters. The first-order chi connectivity index (χ1) is 13.3. The Morgan fingerprint density at radius 3 is 2.31 bits per heavy atom. The van der Waals surface area contributed by atoms with Crippen molar-refractivity contribution in [3.05, 3.63) is 33.8 Å². The number of carbonyl (C=O) groups is 2. The van der Waals surface area contributed by atoms with E-state index < -0.39 is 65.4 Å². The van der Waals surface area contributed by atoms with E-state index >= 15 is 8.78 Å². The Balaban J connectivity index is 1.97. The molecule has 0 N–H and O–H groups in total. The molecule has 1 saturated heterocycles. The van der Waals surface area contributed by atoms with Gasteiger partial charge in [0, 0.05) is 27.9 Å². The topological polar surface area (TPSA) is 46.6 Å². The summed E-state index contributed by atoms with van der Waals surface area (Å²) < 4.78 is 75.3. The fourth-order valence-electron chi connectivity index (χ4n) is 3.69. The Hall–Kier alpha value is -1.71. The van der Waals surface area contributed by atoms with Gasteiger partial charge in [-0.2, -0.15) is 13.2 Å². The Labute approximate surface area is 172 Å². The summed E-state index contributed by atoms with van der Waals surface area (Å²) in [4.78, 5) is 25.9. The molecule has 1 aliphatic carbocycles. The van der Waals surface area contributed by atoms with E-state index in [0.29, 0.717) is 18.9 Å². The third-order valence-corrected chi connectivity index (χ3v) is 6.20. The number of ether oxygens (including phenoxy) is 1. The predicted octanol–water partition coefficient (Wildman–Crippen LogP) is 4.75. The number of benzene rings is 1. The highest BCUT2D eigenvalue weighted by Gasteiger charge is 2.57. The summed E-state index contributed by atoms with van der Waals surface area (Å²) in [6.45, 7) is 1.15. The number of amides is 1. The van der Waals surface area contributed by atoms with Crippen molar-refractivity contribution in [2.45, 2.75) is 44.3 Å². The zero-order valence-corrected chi connectivity index (χ0v) is 17.2. The van der Waals surface area contributed by atoms with Crippen LogP contribution in [0.3, 0.4) is 0 Å². The second-order valence-electron chi connectivity index (χ2n) is 7.80. The summed E-state index contributed by atoms with van der Waals surface area (Å²) in [7, 11) is 1.08. The van der Waals surface area contributed by atoms with Gasteiger partial charge in [-0.3, -0.25) is 4.79 Å². The van der Waals surface area contributed by atoms with Gasteiger partial charge in [-0.25, -0.2) is 13.6 Å². The first-order valence-electron chi connectivity index (χ1n) is 8.95. The van der Waals surface area contributed by atoms with Crippen LogP contribution < -0.4 is 0 Å². The first-order valence-corrected chi connectivity index (χ1v) is 9.74. The summed E-state index contributed by atoms with van der Waals surface area (Å²) in [5.74, 6) is -6.86. The maximum Gasteiger partial charge on any atom is 0.416 e. The monoisotopic (exact) mass is 483 g/mol. The zero-order chi connectivity index (χ0) is 21.8. The van der Waals surface area contributed by atoms with E-state index in [4.69, 9.17) is 0 Å². The fraction of sp³-hybridized carbons (Fsp3) is 0.579. The van der Waals surface area contributed by atoms with Crippen LogP contribution in [-0.4, -0.2) is 36.5 Å². The molecule has 160 valence electrons. The van der Waals surface area contributed by atoms with Gasteiger partial charge < -0.3 is 9.64 Å². The molecule has 1 aromatic rings. The lowest BCUT2D eigenvalue weighted by molar-refractivity contribution is -0.152. The molecular formula is C19H19BrF5NO3. The lowest BCUT2D eigenvalue weighted by Crippen LogP contribution is -2.44. The molecule has 4 nitrogen and oxygen atoms in total. The summed E-state index contributed by atoms with van der Waals surface area (Å²) in [6.07, 6.45) is -4.32. The lowest BCUT2D eigenvalue weighted by atomic mass is 9.89. The number of rotatable bonds is 4. The fourth-order valence-corrected chi connectivity index (χ4v) is 4.05. The van der Waals surface area contributed by atoms with Crippen LogP contribution in [0.25, 0.3) is 0 Å². The van der Waals surface area contributed by atoms with Crippen molar-refractivity contribution in [3.63, 3.8) is 0 Å². The lowest BCUT2D eigenvalue weighted by Gasteiger charge is -2.28. The molecule has 2 atom stereocenters. The molecule has 29 heavy (non-hydrogen) atoms. The quantitative estimate of drug-likeness (QED) is 0.458. The van der Waals surface area contributed by atoms with Crippen molar-refractivity contribution in [2.75, 3.05) is 13.7 Å². The number of carbonyl (C=O) groups excluding carboxylic acids is 2. The maximum atomic E-state index is 15.3. The first kappa shape index (κ1) is 22.0. The highest BCUT2D eigenvalue weighted by molar-refractivity contribution is 9.10. The van der Waals surface area contributed by atoms with Gasteiger partial charge in [0.2, 0.25) is 5.91 Å². The maximum absolute atomic E-state index is 15.3. The van der Waals surface area contributed by atoms with Crippen LogP contribution in [0.5, 0.6) is 0 Å². The SMILES string of the molecule is COC(=O)[C@@H]1C[C@@H](C(F)(F)c2ccc(Br)cc2C(F)(F)F)CN1C(=O)C1(C)CC1. The van der Waals surface area contributed by atoms with Gasteiger partial charge >= 0.3 is 12.1 Å². The second kappa shape index (κ2) is 7.21. The zero-order valence-electron chi connectivity index (χ0n) is 15.7. The van der Waals surface area contributed by atoms with Crippen LogP contribution in [0, 0.1) is 11.3 Å². The van der Waals surface area contributed by atoms with E-state index in [-0.39, 0.29) is 4.47 Å². The van der Waals surface area contributed by atoms with Crippen LogP contribution >= 0.6 is 15.9 Å². The van der Waals surface area contributed by atoms with Gasteiger partial charge in [-0.1, -0.05) is 28.9 Å². The summed E-state index contributed by atoms with van der Waals surface area (Å²) in [6, 6.07) is 1.20. The minimum atomic E-state index is -4.99. The Kier molecular flexibility index (Phi) is 5.47. The summed E-state index contributed by atoms with van der Waals surface area (Å²) in [5, 5.41) is 0. The number of hydrogen-bond acceptors (Lipinski definition) is 3. The number of likely N-dealkylation sites (tertiary alicyclic amines) is 1. The standard InChI is InChI=1S/C19H19BrF5NO3/c1-17(5-6-17)16(28)26-9-10(7-14(26)15(27)29-2)18(21,22)12-4-3-11(20)8-13(12)19(23,24)25/h3-4,8,10,14H,5-7,9H2,1-2H3/t10-,14+/m1/s1. The van der Waals surface area contributed by atoms with Crippen LogP contribution in [0.4, 0.5) is 22.0 Å². The summed E-state index contributed by atoms with van der Waals surface area (Å²) in [5.41, 5.74) is -3.34. The van der Waals surface area contributed by atoms with Crippen molar-refractivity contribution < 1.29 is 36.3 Å². The smallest absolute Gasteiger partial charge is 0.416 e. The molecule has 0 spiro atoms. The average molecular weight is 484 g/mol. The van der Waals surface area contributed by atoms with Gasteiger partial charge in [-0.15, -0.1) is 0 Å². The van der Waals surface area contributed by atoms with Crippen LogP contribution in [0.1, 0.15) is 37.3 Å². The van der Waals surface area contributed by atoms with Crippen LogP contribution in [0.2, 0.25) is 0 Å². The molecule has 10 heteroatoms. The molecule has 0 bridgehead atoms. The number of nitrogens with zero attached hydrogens (tertiary/aromatic N) is 1. The molecule has 2 aliphatic rings. The molecule has 2 fully saturated rings. The highest BCUT2D eigenvalue weighted by atomic mass is 79.9. The van der Waals surface area contributed by atoms with E-state index in [2.05, 4.69) is 20.7 Å². The number of halogens is 6. The van der Waals surface area contributed by atoms with Crippen LogP contribution in [-0.2, 0) is 26.4 Å². The normalized spacial score (nSPS) is 23.8. The molecule has 0 radical (unpaired) electrons. The number of methoxy groups -OCH3 is 1.